The number of nitrogens with zero attached hydrogens (tertiary/aromatic N) is 3. The van der Waals surface area contributed by atoms with Crippen molar-refractivity contribution in [3.63, 3.8) is 0 Å². The fraction of sp³-hybridized carbons (Fsp3) is 0.615. The molecule has 0 saturated heterocycles. The number of hydrogen-bond acceptors (Lipinski definition) is 4. The van der Waals surface area contributed by atoms with Crippen molar-refractivity contribution in [2.75, 3.05) is 39.1 Å². The van der Waals surface area contributed by atoms with Crippen molar-refractivity contribution in [3.8, 4) is 0 Å². The summed E-state index contributed by atoms with van der Waals surface area (Å²) in [6, 6.07) is 4.14. The Bertz CT molecular complexity index is 319. The van der Waals surface area contributed by atoms with Gasteiger partial charge in [-0.2, -0.15) is 0 Å². The molecule has 1 aromatic rings. The van der Waals surface area contributed by atoms with Gasteiger partial charge in [0.2, 0.25) is 0 Å². The van der Waals surface area contributed by atoms with E-state index in [1.54, 1.807) is 0 Å². The molecule has 0 fully saturated rings. The monoisotopic (exact) mass is 236 g/mol. The predicted octanol–water partition coefficient (Wildman–Crippen LogP) is 1.49. The molecular formula is C13H24N4. The maximum Gasteiger partial charge on any atom is 0.128 e. The molecule has 2 N–H and O–H groups in total. The summed E-state index contributed by atoms with van der Waals surface area (Å²) in [6.07, 6.45) is 3.00. The lowest BCUT2D eigenvalue weighted by atomic mass is 10.1. The molecule has 4 nitrogen and oxygen atoms in total. The first-order valence-electron chi connectivity index (χ1n) is 6.08. The zero-order valence-corrected chi connectivity index (χ0v) is 11.3. The van der Waals surface area contributed by atoms with Crippen LogP contribution < -0.4 is 10.6 Å². The lowest BCUT2D eigenvalue weighted by Crippen LogP contribution is -2.24. The Hall–Kier alpha value is -1.13. The van der Waals surface area contributed by atoms with E-state index in [1.165, 1.54) is 0 Å². The van der Waals surface area contributed by atoms with Gasteiger partial charge in [0.05, 0.1) is 0 Å². The van der Waals surface area contributed by atoms with Crippen molar-refractivity contribution in [2.45, 2.75) is 19.4 Å². The van der Waals surface area contributed by atoms with Crippen molar-refractivity contribution in [1.82, 2.24) is 9.88 Å². The predicted molar refractivity (Wildman–Crippen MR) is 73.3 cm³/mol. The molecule has 0 unspecified atom stereocenters. The lowest BCUT2D eigenvalue weighted by Gasteiger charge is -2.19. The highest BCUT2D eigenvalue weighted by Gasteiger charge is 2.04. The second-order valence-electron chi connectivity index (χ2n) is 4.82. The van der Waals surface area contributed by atoms with Crippen LogP contribution in [0.2, 0.25) is 0 Å². The van der Waals surface area contributed by atoms with E-state index in [2.05, 4.69) is 42.0 Å². The average molecular weight is 236 g/mol. The van der Waals surface area contributed by atoms with Crippen molar-refractivity contribution < 1.29 is 0 Å². The summed E-state index contributed by atoms with van der Waals surface area (Å²) >= 11 is 0. The SMILES string of the molecule is C[C@H](N)c1ccc(N(C)CCCN(C)C)nc1. The van der Waals surface area contributed by atoms with Gasteiger partial charge in [-0.25, -0.2) is 4.98 Å². The first-order chi connectivity index (χ1) is 8.00. The van der Waals surface area contributed by atoms with Crippen LogP contribution in [0.3, 0.4) is 0 Å². The highest BCUT2D eigenvalue weighted by molar-refractivity contribution is 5.38. The van der Waals surface area contributed by atoms with Crippen LogP contribution >= 0.6 is 0 Å². The standard InChI is InChI=1S/C13H24N4/c1-11(14)12-6-7-13(15-10-12)17(4)9-5-8-16(2)3/h6-7,10-11H,5,8-9,14H2,1-4H3/t11-/m0/s1. The number of aromatic nitrogens is 1. The molecule has 96 valence electrons. The molecule has 1 heterocycles. The summed E-state index contributed by atoms with van der Waals surface area (Å²) in [5, 5.41) is 0. The molecule has 0 bridgehead atoms. The van der Waals surface area contributed by atoms with Crippen LogP contribution in [0, 0.1) is 0 Å². The third kappa shape index (κ3) is 4.71. The van der Waals surface area contributed by atoms with Gasteiger partial charge in [-0.15, -0.1) is 0 Å². The van der Waals surface area contributed by atoms with Gasteiger partial charge in [0.15, 0.2) is 0 Å². The molecule has 1 aromatic heterocycles. The largest absolute Gasteiger partial charge is 0.360 e. The van der Waals surface area contributed by atoms with E-state index in [-0.39, 0.29) is 6.04 Å². The third-order valence-corrected chi connectivity index (χ3v) is 2.79. The summed E-state index contributed by atoms with van der Waals surface area (Å²) in [5.74, 6) is 1.01. The maximum atomic E-state index is 5.79. The quantitative estimate of drug-likeness (QED) is 0.813. The maximum absolute atomic E-state index is 5.79. The number of hydrogen-bond donors (Lipinski definition) is 1. The average Bonchev–Trinajstić information content (AvgIpc) is 2.28. The van der Waals surface area contributed by atoms with E-state index in [4.69, 9.17) is 5.73 Å². The van der Waals surface area contributed by atoms with Crippen LogP contribution in [0.25, 0.3) is 0 Å². The van der Waals surface area contributed by atoms with Crippen molar-refractivity contribution >= 4 is 5.82 Å². The number of nitrogens with two attached hydrogens (primary N) is 1. The fourth-order valence-electron chi connectivity index (χ4n) is 1.63. The topological polar surface area (TPSA) is 45.4 Å². The number of pyridine rings is 1. The second-order valence-corrected chi connectivity index (χ2v) is 4.82. The van der Waals surface area contributed by atoms with Crippen molar-refractivity contribution in [2.24, 2.45) is 5.73 Å². The number of anilines is 1. The van der Waals surface area contributed by atoms with Crippen LogP contribution in [-0.2, 0) is 0 Å². The molecule has 0 aliphatic heterocycles. The van der Waals surface area contributed by atoms with Gasteiger partial charge in [-0.1, -0.05) is 6.07 Å². The van der Waals surface area contributed by atoms with Crippen LogP contribution in [0.1, 0.15) is 24.9 Å². The Morgan fingerprint density at radius 3 is 2.41 bits per heavy atom. The van der Waals surface area contributed by atoms with Crippen molar-refractivity contribution in [1.29, 1.82) is 0 Å². The van der Waals surface area contributed by atoms with Crippen LogP contribution in [-0.4, -0.2) is 44.1 Å². The van der Waals surface area contributed by atoms with Crippen LogP contribution in [0.4, 0.5) is 5.82 Å². The summed E-state index contributed by atoms with van der Waals surface area (Å²) in [7, 11) is 6.26. The smallest absolute Gasteiger partial charge is 0.128 e. The van der Waals surface area contributed by atoms with E-state index < -0.39 is 0 Å². The van der Waals surface area contributed by atoms with Crippen molar-refractivity contribution in [3.05, 3.63) is 23.9 Å². The Morgan fingerprint density at radius 1 is 1.24 bits per heavy atom. The third-order valence-electron chi connectivity index (χ3n) is 2.79. The van der Waals surface area contributed by atoms with E-state index in [0.717, 1.165) is 30.9 Å². The van der Waals surface area contributed by atoms with Gasteiger partial charge in [0, 0.05) is 25.8 Å². The van der Waals surface area contributed by atoms with Gasteiger partial charge in [-0.05, 0) is 45.6 Å². The van der Waals surface area contributed by atoms with Crippen LogP contribution in [0.5, 0.6) is 0 Å². The fourth-order valence-corrected chi connectivity index (χ4v) is 1.63. The lowest BCUT2D eigenvalue weighted by molar-refractivity contribution is 0.401. The highest BCUT2D eigenvalue weighted by Crippen LogP contribution is 2.13. The summed E-state index contributed by atoms with van der Waals surface area (Å²) in [4.78, 5) is 8.80. The Labute approximate surface area is 104 Å². The molecule has 0 radical (unpaired) electrons. The van der Waals surface area contributed by atoms with Crippen LogP contribution in [0.15, 0.2) is 18.3 Å². The van der Waals surface area contributed by atoms with E-state index >= 15 is 0 Å². The molecular weight excluding hydrogens is 212 g/mol. The molecule has 1 rings (SSSR count). The van der Waals surface area contributed by atoms with E-state index in [9.17, 15) is 0 Å². The molecule has 0 aromatic carbocycles. The highest BCUT2D eigenvalue weighted by atomic mass is 15.2. The Morgan fingerprint density at radius 2 is 1.94 bits per heavy atom. The molecule has 0 aliphatic carbocycles. The van der Waals surface area contributed by atoms with E-state index in [1.807, 2.05) is 19.2 Å². The minimum atomic E-state index is 0.0515. The van der Waals surface area contributed by atoms with Gasteiger partial charge < -0.3 is 15.5 Å². The molecule has 0 spiro atoms. The molecule has 0 aliphatic rings. The summed E-state index contributed by atoms with van der Waals surface area (Å²) < 4.78 is 0. The van der Waals surface area contributed by atoms with Gasteiger partial charge in [0.1, 0.15) is 5.82 Å². The second kappa shape index (κ2) is 6.57. The van der Waals surface area contributed by atoms with Gasteiger partial charge in [-0.3, -0.25) is 0 Å². The zero-order valence-electron chi connectivity index (χ0n) is 11.3. The Balaban J connectivity index is 2.48. The molecule has 17 heavy (non-hydrogen) atoms. The summed E-state index contributed by atoms with van der Waals surface area (Å²) in [6.45, 7) is 4.09. The molecule has 4 heteroatoms. The number of rotatable bonds is 6. The molecule has 0 saturated carbocycles. The first-order valence-corrected chi connectivity index (χ1v) is 6.08. The minimum absolute atomic E-state index is 0.0515. The van der Waals surface area contributed by atoms with Gasteiger partial charge in [0.25, 0.3) is 0 Å². The molecule has 0 amide bonds. The Kier molecular flexibility index (Phi) is 5.38. The molecule has 1 atom stereocenters. The normalized spacial score (nSPS) is 12.8. The first kappa shape index (κ1) is 13.9. The minimum Gasteiger partial charge on any atom is -0.360 e. The van der Waals surface area contributed by atoms with E-state index in [0.29, 0.717) is 0 Å². The summed E-state index contributed by atoms with van der Waals surface area (Å²) in [5.41, 5.74) is 6.87. The van der Waals surface area contributed by atoms with Gasteiger partial charge >= 0.3 is 0 Å². The zero-order chi connectivity index (χ0) is 12.8.